The fraction of sp³-hybridized carbons (Fsp3) is 0.214. The van der Waals surface area contributed by atoms with Crippen molar-refractivity contribution in [3.63, 3.8) is 0 Å². The van der Waals surface area contributed by atoms with Crippen LogP contribution in [0, 0.1) is 0 Å². The minimum atomic E-state index is -0.972. The molecule has 1 unspecified atom stereocenters. The van der Waals surface area contributed by atoms with Crippen LogP contribution in [0.5, 0.6) is 0 Å². The van der Waals surface area contributed by atoms with E-state index in [1.54, 1.807) is 12.3 Å². The van der Waals surface area contributed by atoms with Crippen molar-refractivity contribution < 1.29 is 14.7 Å². The van der Waals surface area contributed by atoms with Crippen LogP contribution in [0.15, 0.2) is 36.5 Å². The Morgan fingerprint density at radius 3 is 2.85 bits per heavy atom. The highest BCUT2D eigenvalue weighted by Crippen LogP contribution is 2.16. The lowest BCUT2D eigenvalue weighted by Crippen LogP contribution is -2.36. The number of carboxylic acids is 1. The second-order valence-corrected chi connectivity index (χ2v) is 4.44. The van der Waals surface area contributed by atoms with Gasteiger partial charge in [-0.2, -0.15) is 0 Å². The molecule has 0 aliphatic heterocycles. The molecule has 0 radical (unpaired) electrons. The number of fused-ring (bicyclic) bond motifs is 1. The number of carbonyl (C=O) groups is 2. The number of benzene rings is 1. The van der Waals surface area contributed by atoms with Crippen molar-refractivity contribution >= 4 is 28.5 Å². The van der Waals surface area contributed by atoms with Gasteiger partial charge in [0.05, 0.1) is 23.4 Å². The predicted molar refractivity (Wildman–Crippen MR) is 75.2 cm³/mol. The van der Waals surface area contributed by atoms with Crippen LogP contribution in [0.2, 0.25) is 0 Å². The number of rotatable bonds is 5. The molecule has 1 amide bonds. The second kappa shape index (κ2) is 6.12. The summed E-state index contributed by atoms with van der Waals surface area (Å²) < 4.78 is 0. The zero-order valence-corrected chi connectivity index (χ0v) is 10.7. The zero-order chi connectivity index (χ0) is 14.5. The first-order chi connectivity index (χ1) is 9.56. The summed E-state index contributed by atoms with van der Waals surface area (Å²) in [5.74, 6) is -1.39. The molecule has 6 nitrogen and oxygen atoms in total. The molecule has 0 spiro atoms. The summed E-state index contributed by atoms with van der Waals surface area (Å²) in [5.41, 5.74) is 7.01. The number of nitrogens with zero attached hydrogens (tertiary/aromatic N) is 1. The SMILES string of the molecule is NC(CCC(=O)O)C(=O)Nc1cnc2ccccc2c1. The minimum Gasteiger partial charge on any atom is -0.481 e. The normalized spacial score (nSPS) is 12.1. The summed E-state index contributed by atoms with van der Waals surface area (Å²) in [6, 6.07) is 8.48. The first-order valence-electron chi connectivity index (χ1n) is 6.19. The van der Waals surface area contributed by atoms with Crippen LogP contribution in [-0.4, -0.2) is 28.0 Å². The van der Waals surface area contributed by atoms with E-state index in [4.69, 9.17) is 10.8 Å². The Kier molecular flexibility index (Phi) is 4.27. The lowest BCUT2D eigenvalue weighted by molar-refractivity contribution is -0.137. The monoisotopic (exact) mass is 273 g/mol. The average molecular weight is 273 g/mol. The molecule has 20 heavy (non-hydrogen) atoms. The molecule has 1 aromatic heterocycles. The fourth-order valence-electron chi connectivity index (χ4n) is 1.78. The van der Waals surface area contributed by atoms with Gasteiger partial charge in [-0.3, -0.25) is 14.6 Å². The molecule has 0 fully saturated rings. The number of hydrogen-bond acceptors (Lipinski definition) is 4. The number of hydrogen-bond donors (Lipinski definition) is 3. The molecular formula is C14H15N3O3. The number of nitrogens with one attached hydrogen (secondary N) is 1. The molecule has 104 valence electrons. The molecular weight excluding hydrogens is 258 g/mol. The van der Waals surface area contributed by atoms with Crippen molar-refractivity contribution in [3.05, 3.63) is 36.5 Å². The quantitative estimate of drug-likeness (QED) is 0.763. The van der Waals surface area contributed by atoms with Crippen LogP contribution in [0.25, 0.3) is 10.9 Å². The van der Waals surface area contributed by atoms with Crippen LogP contribution in [0.1, 0.15) is 12.8 Å². The Balaban J connectivity index is 2.03. The van der Waals surface area contributed by atoms with E-state index in [1.165, 1.54) is 0 Å². The number of carbonyl (C=O) groups excluding carboxylic acids is 1. The smallest absolute Gasteiger partial charge is 0.303 e. The van der Waals surface area contributed by atoms with Gasteiger partial charge >= 0.3 is 5.97 Å². The van der Waals surface area contributed by atoms with Crippen LogP contribution in [0.3, 0.4) is 0 Å². The Morgan fingerprint density at radius 1 is 1.35 bits per heavy atom. The van der Waals surface area contributed by atoms with Crippen LogP contribution in [-0.2, 0) is 9.59 Å². The van der Waals surface area contributed by atoms with E-state index >= 15 is 0 Å². The first kappa shape index (κ1) is 14.0. The summed E-state index contributed by atoms with van der Waals surface area (Å²) in [6.45, 7) is 0. The van der Waals surface area contributed by atoms with Gasteiger partial charge < -0.3 is 16.2 Å². The highest BCUT2D eigenvalue weighted by Gasteiger charge is 2.15. The van der Waals surface area contributed by atoms with Crippen molar-refractivity contribution in [3.8, 4) is 0 Å². The van der Waals surface area contributed by atoms with Gasteiger partial charge in [-0.1, -0.05) is 18.2 Å². The van der Waals surface area contributed by atoms with Crippen molar-refractivity contribution in [2.75, 3.05) is 5.32 Å². The molecule has 1 aromatic carbocycles. The third-order valence-corrected chi connectivity index (χ3v) is 2.86. The average Bonchev–Trinajstić information content (AvgIpc) is 2.44. The number of aliphatic carboxylic acids is 1. The number of pyridine rings is 1. The number of aromatic nitrogens is 1. The van der Waals surface area contributed by atoms with E-state index in [-0.39, 0.29) is 12.8 Å². The molecule has 4 N–H and O–H groups in total. The Labute approximate surface area is 115 Å². The molecule has 2 rings (SSSR count). The van der Waals surface area contributed by atoms with E-state index < -0.39 is 17.9 Å². The van der Waals surface area contributed by atoms with Gasteiger partial charge in [0.2, 0.25) is 5.91 Å². The first-order valence-corrected chi connectivity index (χ1v) is 6.19. The predicted octanol–water partition coefficient (Wildman–Crippen LogP) is 1.37. The maximum atomic E-state index is 11.8. The number of carboxylic acid groups (broad SMARTS) is 1. The summed E-state index contributed by atoms with van der Waals surface area (Å²) >= 11 is 0. The van der Waals surface area contributed by atoms with Crippen LogP contribution >= 0.6 is 0 Å². The van der Waals surface area contributed by atoms with Crippen LogP contribution in [0.4, 0.5) is 5.69 Å². The van der Waals surface area contributed by atoms with Gasteiger partial charge in [0.15, 0.2) is 0 Å². The number of nitrogens with two attached hydrogens (primary N) is 1. The van der Waals surface area contributed by atoms with Gasteiger partial charge in [-0.05, 0) is 18.6 Å². The lowest BCUT2D eigenvalue weighted by Gasteiger charge is -2.11. The molecule has 1 atom stereocenters. The molecule has 6 heteroatoms. The number of anilines is 1. The zero-order valence-electron chi connectivity index (χ0n) is 10.7. The van der Waals surface area contributed by atoms with E-state index in [1.807, 2.05) is 24.3 Å². The summed E-state index contributed by atoms with van der Waals surface area (Å²) in [6.07, 6.45) is 1.51. The number of para-hydroxylation sites is 1. The van der Waals surface area contributed by atoms with Crippen molar-refractivity contribution in [2.45, 2.75) is 18.9 Å². The Bertz CT molecular complexity index is 642. The van der Waals surface area contributed by atoms with Gasteiger partial charge in [0, 0.05) is 11.8 Å². The summed E-state index contributed by atoms with van der Waals surface area (Å²) in [4.78, 5) is 26.5. The Hall–Kier alpha value is -2.47. The molecule has 0 saturated heterocycles. The van der Waals surface area contributed by atoms with Gasteiger partial charge in [-0.15, -0.1) is 0 Å². The Morgan fingerprint density at radius 2 is 2.10 bits per heavy atom. The highest BCUT2D eigenvalue weighted by atomic mass is 16.4. The maximum absolute atomic E-state index is 11.8. The third kappa shape index (κ3) is 3.52. The van der Waals surface area contributed by atoms with E-state index in [0.717, 1.165) is 10.9 Å². The van der Waals surface area contributed by atoms with Crippen LogP contribution < -0.4 is 11.1 Å². The minimum absolute atomic E-state index is 0.0994. The van der Waals surface area contributed by atoms with Gasteiger partial charge in [-0.25, -0.2) is 0 Å². The molecule has 0 aliphatic carbocycles. The maximum Gasteiger partial charge on any atom is 0.303 e. The fourth-order valence-corrected chi connectivity index (χ4v) is 1.78. The lowest BCUT2D eigenvalue weighted by atomic mass is 10.1. The summed E-state index contributed by atoms with van der Waals surface area (Å²) in [7, 11) is 0. The van der Waals surface area contributed by atoms with Gasteiger partial charge in [0.1, 0.15) is 0 Å². The van der Waals surface area contributed by atoms with Crippen molar-refractivity contribution in [2.24, 2.45) is 5.73 Å². The van der Waals surface area contributed by atoms with Crippen molar-refractivity contribution in [1.29, 1.82) is 0 Å². The van der Waals surface area contributed by atoms with Gasteiger partial charge in [0.25, 0.3) is 0 Å². The largest absolute Gasteiger partial charge is 0.481 e. The van der Waals surface area contributed by atoms with E-state index in [0.29, 0.717) is 5.69 Å². The standard InChI is InChI=1S/C14H15N3O3/c15-11(5-6-13(18)19)14(20)17-10-7-9-3-1-2-4-12(9)16-8-10/h1-4,7-8,11H,5-6,15H2,(H,17,20)(H,18,19). The third-order valence-electron chi connectivity index (χ3n) is 2.86. The van der Waals surface area contributed by atoms with E-state index in [2.05, 4.69) is 10.3 Å². The molecule has 1 heterocycles. The topological polar surface area (TPSA) is 105 Å². The van der Waals surface area contributed by atoms with Crippen molar-refractivity contribution in [1.82, 2.24) is 4.98 Å². The summed E-state index contributed by atoms with van der Waals surface area (Å²) in [5, 5.41) is 12.1. The molecule has 0 saturated carbocycles. The number of amides is 1. The second-order valence-electron chi connectivity index (χ2n) is 4.44. The highest BCUT2D eigenvalue weighted by molar-refractivity contribution is 5.96. The van der Waals surface area contributed by atoms with E-state index in [9.17, 15) is 9.59 Å². The molecule has 0 aliphatic rings. The molecule has 0 bridgehead atoms. The molecule has 2 aromatic rings.